The fraction of sp³-hybridized carbons (Fsp3) is 0.929. The van der Waals surface area contributed by atoms with E-state index in [2.05, 4.69) is 35.4 Å². The summed E-state index contributed by atoms with van der Waals surface area (Å²) >= 11 is 0. The molecule has 2 aliphatic heterocycles. The molecule has 1 saturated carbocycles. The van der Waals surface area contributed by atoms with Crippen LogP contribution in [0.2, 0.25) is 0 Å². The molecule has 16 nitrogen and oxygen atoms in total. The monoisotopic (exact) mass is 424 g/mol. The number of fused-ring (bicyclic) bond motifs is 1. The second kappa shape index (κ2) is 9.24. The van der Waals surface area contributed by atoms with Crippen LogP contribution in [0, 0.1) is 0 Å². The molecule has 3 aliphatic rings. The Morgan fingerprint density at radius 3 is 2.47 bits per heavy atom. The van der Waals surface area contributed by atoms with Gasteiger partial charge in [0.15, 0.2) is 12.4 Å². The van der Waals surface area contributed by atoms with Crippen LogP contribution in [0.4, 0.5) is 4.79 Å². The molecule has 5 unspecified atom stereocenters. The Balaban J connectivity index is 1.85. The van der Waals surface area contributed by atoms with Crippen LogP contribution in [0.5, 0.6) is 0 Å². The zero-order chi connectivity index (χ0) is 21.8. The van der Waals surface area contributed by atoms with Crippen molar-refractivity contribution in [3.63, 3.8) is 0 Å². The Morgan fingerprint density at radius 1 is 1.10 bits per heavy atom. The van der Waals surface area contributed by atoms with Gasteiger partial charge in [0.2, 0.25) is 0 Å². The Labute approximate surface area is 169 Å². The van der Waals surface area contributed by atoms with E-state index in [0.29, 0.717) is 0 Å². The number of azide groups is 3. The average molecular weight is 424 g/mol. The second-order valence-electron chi connectivity index (χ2n) is 7.23. The maximum atomic E-state index is 11.6. The molecule has 10 atom stereocenters. The predicted octanol–water partition coefficient (Wildman–Crippen LogP) is 1.15. The molecule has 162 valence electrons. The summed E-state index contributed by atoms with van der Waals surface area (Å²) in [6, 6.07) is -3.36. The van der Waals surface area contributed by atoms with E-state index in [0.717, 1.165) is 0 Å². The van der Waals surface area contributed by atoms with E-state index in [1.54, 1.807) is 6.92 Å². The number of amides is 1. The minimum Gasteiger partial charge on any atom is -0.441 e. The van der Waals surface area contributed by atoms with Gasteiger partial charge in [0.05, 0.1) is 24.3 Å². The number of aliphatic hydroxyl groups excluding tert-OH is 2. The third kappa shape index (κ3) is 4.30. The van der Waals surface area contributed by atoms with E-state index in [1.165, 1.54) is 0 Å². The summed E-state index contributed by atoms with van der Waals surface area (Å²) in [5.41, 5.74) is 26.4. The number of carbonyl (C=O) groups excluding carboxylic acids is 1. The highest BCUT2D eigenvalue weighted by Crippen LogP contribution is 2.34. The van der Waals surface area contributed by atoms with E-state index in [1.807, 2.05) is 0 Å². The number of aliphatic hydroxyl groups is 2. The number of ether oxygens (including phenoxy) is 3. The number of alkyl carbamates (subject to hydrolysis) is 1. The average Bonchev–Trinajstić information content (AvgIpc) is 2.68. The van der Waals surface area contributed by atoms with Gasteiger partial charge in [-0.2, -0.15) is 0 Å². The van der Waals surface area contributed by atoms with Gasteiger partial charge in [0.25, 0.3) is 0 Å². The van der Waals surface area contributed by atoms with Crippen LogP contribution in [0.15, 0.2) is 15.3 Å². The molecular formula is C14H20N10O6. The van der Waals surface area contributed by atoms with E-state index >= 15 is 0 Å². The van der Waals surface area contributed by atoms with Gasteiger partial charge in [-0.05, 0) is 36.4 Å². The molecular weight excluding hydrogens is 404 g/mol. The predicted molar refractivity (Wildman–Crippen MR) is 96.5 cm³/mol. The lowest BCUT2D eigenvalue weighted by Gasteiger charge is -2.48. The third-order valence-electron chi connectivity index (χ3n) is 5.34. The van der Waals surface area contributed by atoms with E-state index in [9.17, 15) is 15.0 Å². The van der Waals surface area contributed by atoms with Gasteiger partial charge >= 0.3 is 6.09 Å². The highest BCUT2D eigenvalue weighted by Gasteiger charge is 2.53. The van der Waals surface area contributed by atoms with Gasteiger partial charge in [-0.3, -0.25) is 0 Å². The van der Waals surface area contributed by atoms with Gasteiger partial charge in [-0.1, -0.05) is 15.3 Å². The molecule has 0 aromatic heterocycles. The third-order valence-corrected chi connectivity index (χ3v) is 5.34. The largest absolute Gasteiger partial charge is 0.441 e. The van der Waals surface area contributed by atoms with Crippen molar-refractivity contribution < 1.29 is 29.2 Å². The minimum atomic E-state index is -1.44. The second-order valence-corrected chi connectivity index (χ2v) is 7.23. The van der Waals surface area contributed by atoms with Crippen LogP contribution >= 0.6 is 0 Å². The molecule has 0 aromatic carbocycles. The molecule has 3 rings (SSSR count). The van der Waals surface area contributed by atoms with Crippen LogP contribution in [-0.4, -0.2) is 77.3 Å². The first-order valence-electron chi connectivity index (χ1n) is 9.16. The molecule has 3 N–H and O–H groups in total. The van der Waals surface area contributed by atoms with E-state index in [-0.39, 0.29) is 12.8 Å². The Hall–Kier alpha value is -2.96. The number of carbonyl (C=O) groups is 1. The lowest BCUT2D eigenvalue weighted by atomic mass is 9.86. The maximum Gasteiger partial charge on any atom is 0.407 e. The number of hydrogen-bond acceptors (Lipinski definition) is 9. The van der Waals surface area contributed by atoms with Crippen molar-refractivity contribution in [2.45, 2.75) is 80.7 Å². The molecule has 1 aliphatic carbocycles. The molecule has 0 spiro atoms. The van der Waals surface area contributed by atoms with Crippen molar-refractivity contribution in [2.24, 2.45) is 15.3 Å². The molecule has 0 radical (unpaired) electrons. The molecule has 30 heavy (non-hydrogen) atoms. The Morgan fingerprint density at radius 2 is 1.80 bits per heavy atom. The standard InChI is InChI=1S/C14H20N10O6/c1-4-10-12(30-14(27)18-4)9(26)8(21-24-17)13(28-10)29-11-6(20-23-16)2-5(19-22-15)3-7(11)25/h4-13,25-26H,2-3H2,1H3,(H,18,27)/t4?,5?,6?,7-,8?,9-,10?,11-,12+,13-/m1/s1. The number of rotatable bonds is 5. The van der Waals surface area contributed by atoms with Gasteiger partial charge in [-0.25, -0.2) is 4.79 Å². The van der Waals surface area contributed by atoms with Gasteiger partial charge < -0.3 is 29.7 Å². The van der Waals surface area contributed by atoms with Gasteiger partial charge in [0, 0.05) is 20.8 Å². The summed E-state index contributed by atoms with van der Waals surface area (Å²) in [5.74, 6) is 0. The summed E-state index contributed by atoms with van der Waals surface area (Å²) in [6.45, 7) is 1.64. The summed E-state index contributed by atoms with van der Waals surface area (Å²) in [4.78, 5) is 19.8. The summed E-state index contributed by atoms with van der Waals surface area (Å²) < 4.78 is 16.7. The van der Waals surface area contributed by atoms with Crippen LogP contribution in [-0.2, 0) is 14.2 Å². The first kappa shape index (κ1) is 21.7. The topological polar surface area (TPSA) is 244 Å². The first-order valence-corrected chi connectivity index (χ1v) is 9.16. The van der Waals surface area contributed by atoms with Crippen molar-refractivity contribution in [3.05, 3.63) is 31.3 Å². The normalized spacial score (nSPS) is 42.8. The summed E-state index contributed by atoms with van der Waals surface area (Å²) in [6.07, 6.45) is -7.53. The highest BCUT2D eigenvalue weighted by atomic mass is 16.7. The fourth-order valence-electron chi connectivity index (χ4n) is 3.98. The summed E-state index contributed by atoms with van der Waals surface area (Å²) in [7, 11) is 0. The van der Waals surface area contributed by atoms with E-state index in [4.69, 9.17) is 30.8 Å². The number of hydrogen-bond donors (Lipinski definition) is 3. The van der Waals surface area contributed by atoms with Gasteiger partial charge in [-0.15, -0.1) is 0 Å². The lowest BCUT2D eigenvalue weighted by molar-refractivity contribution is -0.292. The quantitative estimate of drug-likeness (QED) is 0.331. The molecule has 2 heterocycles. The van der Waals surface area contributed by atoms with Crippen molar-refractivity contribution in [2.75, 3.05) is 0 Å². The SMILES string of the molecule is CC1NC(=O)O[C@@H]2C1O[C@H](O[C@@H]1C(N=[N+]=[N-])CC(N=[N+]=[N-])C[C@H]1O)C(N=[N+]=[N-])[C@H]2O. The summed E-state index contributed by atoms with van der Waals surface area (Å²) in [5, 5.41) is 34.3. The maximum absolute atomic E-state index is 11.6. The Bertz CT molecular complexity index is 809. The highest BCUT2D eigenvalue weighted by molar-refractivity contribution is 5.69. The minimum absolute atomic E-state index is 0.0509. The zero-order valence-electron chi connectivity index (χ0n) is 15.7. The van der Waals surface area contributed by atoms with E-state index < -0.39 is 67.1 Å². The van der Waals surface area contributed by atoms with Crippen LogP contribution in [0.3, 0.4) is 0 Å². The van der Waals surface area contributed by atoms with Crippen molar-refractivity contribution in [1.29, 1.82) is 0 Å². The van der Waals surface area contributed by atoms with Crippen LogP contribution in [0.1, 0.15) is 19.8 Å². The van der Waals surface area contributed by atoms with Crippen molar-refractivity contribution in [1.82, 2.24) is 5.32 Å². The lowest BCUT2D eigenvalue weighted by Crippen LogP contribution is -2.68. The Kier molecular flexibility index (Phi) is 6.70. The molecule has 1 amide bonds. The molecule has 16 heteroatoms. The van der Waals surface area contributed by atoms with Crippen LogP contribution < -0.4 is 5.32 Å². The van der Waals surface area contributed by atoms with Crippen molar-refractivity contribution in [3.8, 4) is 0 Å². The van der Waals surface area contributed by atoms with Gasteiger partial charge in [0.1, 0.15) is 18.2 Å². The first-order chi connectivity index (χ1) is 14.4. The molecule has 3 fully saturated rings. The smallest absolute Gasteiger partial charge is 0.407 e. The van der Waals surface area contributed by atoms with Crippen molar-refractivity contribution >= 4 is 6.09 Å². The van der Waals surface area contributed by atoms with Crippen LogP contribution in [0.25, 0.3) is 31.3 Å². The molecule has 2 saturated heterocycles. The zero-order valence-corrected chi connectivity index (χ0v) is 15.7. The number of nitrogens with zero attached hydrogens (tertiary/aromatic N) is 9. The molecule has 0 bridgehead atoms. The molecule has 0 aromatic rings. The number of nitrogens with one attached hydrogen (secondary N) is 1. The fourth-order valence-corrected chi connectivity index (χ4v) is 3.98.